The van der Waals surface area contributed by atoms with E-state index in [4.69, 9.17) is 10.4 Å². The monoisotopic (exact) mass is 239 g/mol. The van der Waals surface area contributed by atoms with Crippen molar-refractivity contribution in [2.24, 2.45) is 0 Å². The summed E-state index contributed by atoms with van der Waals surface area (Å²) < 4.78 is 13.6. The molecule has 2 aromatic carbocycles. The molecule has 2 rings (SSSR count). The first-order chi connectivity index (χ1) is 8.70. The van der Waals surface area contributed by atoms with Crippen molar-refractivity contribution < 1.29 is 9.50 Å². The van der Waals surface area contributed by atoms with Crippen molar-refractivity contribution in [1.29, 1.82) is 5.26 Å². The van der Waals surface area contributed by atoms with Gasteiger partial charge in [-0.3, -0.25) is 0 Å². The third-order valence-electron chi connectivity index (χ3n) is 2.49. The van der Waals surface area contributed by atoms with E-state index in [1.807, 2.05) is 6.07 Å². The number of aromatic hydroxyl groups is 1. The lowest BCUT2D eigenvalue weighted by atomic mass is 10.0. The van der Waals surface area contributed by atoms with Crippen molar-refractivity contribution >= 4 is 11.6 Å². The Morgan fingerprint density at radius 3 is 2.39 bits per heavy atom. The van der Waals surface area contributed by atoms with Crippen LogP contribution in [0.25, 0.3) is 11.6 Å². The standard InChI is InChI=1S/C15H10FNO/c16-15-4-2-1-3-14(15)12(10-17)9-11-5-7-13(18)8-6-11/h1-9,18H. The van der Waals surface area contributed by atoms with Crippen LogP contribution in [0.4, 0.5) is 4.39 Å². The highest BCUT2D eigenvalue weighted by molar-refractivity contribution is 5.89. The van der Waals surface area contributed by atoms with Gasteiger partial charge < -0.3 is 5.11 Å². The van der Waals surface area contributed by atoms with Gasteiger partial charge in [0, 0.05) is 5.56 Å². The quantitative estimate of drug-likeness (QED) is 0.642. The molecule has 88 valence electrons. The van der Waals surface area contributed by atoms with Crippen LogP contribution in [-0.2, 0) is 0 Å². The van der Waals surface area contributed by atoms with E-state index < -0.39 is 5.82 Å². The Bertz CT molecular complexity index is 624. The first kappa shape index (κ1) is 11.9. The summed E-state index contributed by atoms with van der Waals surface area (Å²) in [4.78, 5) is 0. The smallest absolute Gasteiger partial charge is 0.131 e. The topological polar surface area (TPSA) is 44.0 Å². The number of rotatable bonds is 2. The number of phenolic OH excluding ortho intramolecular Hbond substituents is 1. The molecule has 0 fully saturated rings. The summed E-state index contributed by atoms with van der Waals surface area (Å²) in [5.74, 6) is -0.277. The molecule has 0 unspecified atom stereocenters. The van der Waals surface area contributed by atoms with Crippen molar-refractivity contribution in [3.8, 4) is 11.8 Å². The molecule has 0 aliphatic rings. The Hall–Kier alpha value is -2.60. The zero-order valence-electron chi connectivity index (χ0n) is 9.47. The van der Waals surface area contributed by atoms with Crippen molar-refractivity contribution in [3.05, 3.63) is 65.5 Å². The molecule has 2 nitrogen and oxygen atoms in total. The Kier molecular flexibility index (Phi) is 3.40. The van der Waals surface area contributed by atoms with Gasteiger partial charge in [-0.15, -0.1) is 0 Å². The van der Waals surface area contributed by atoms with Crippen LogP contribution in [0.15, 0.2) is 48.5 Å². The predicted octanol–water partition coefficient (Wildman–Crippen LogP) is 3.60. The van der Waals surface area contributed by atoms with Crippen molar-refractivity contribution in [2.75, 3.05) is 0 Å². The van der Waals surface area contributed by atoms with Crippen LogP contribution in [0, 0.1) is 17.1 Å². The highest BCUT2D eigenvalue weighted by atomic mass is 19.1. The molecule has 0 saturated heterocycles. The van der Waals surface area contributed by atoms with E-state index >= 15 is 0 Å². The Balaban J connectivity index is 2.44. The summed E-state index contributed by atoms with van der Waals surface area (Å²) in [5, 5.41) is 18.2. The highest BCUT2D eigenvalue weighted by Gasteiger charge is 2.06. The lowest BCUT2D eigenvalue weighted by Crippen LogP contribution is -1.87. The van der Waals surface area contributed by atoms with Gasteiger partial charge >= 0.3 is 0 Å². The van der Waals surface area contributed by atoms with Crippen molar-refractivity contribution in [1.82, 2.24) is 0 Å². The minimum Gasteiger partial charge on any atom is -0.508 e. The minimum absolute atomic E-state index is 0.150. The van der Waals surface area contributed by atoms with Gasteiger partial charge in [0.15, 0.2) is 0 Å². The third-order valence-corrected chi connectivity index (χ3v) is 2.49. The fraction of sp³-hybridized carbons (Fsp3) is 0. The lowest BCUT2D eigenvalue weighted by molar-refractivity contribution is 0.475. The average molecular weight is 239 g/mol. The van der Waals surface area contributed by atoms with Gasteiger partial charge in [-0.2, -0.15) is 5.26 Å². The molecule has 0 atom stereocenters. The maximum Gasteiger partial charge on any atom is 0.131 e. The van der Waals surface area contributed by atoms with Crippen LogP contribution in [0.1, 0.15) is 11.1 Å². The molecule has 18 heavy (non-hydrogen) atoms. The van der Waals surface area contributed by atoms with Crippen LogP contribution in [0.5, 0.6) is 5.75 Å². The first-order valence-electron chi connectivity index (χ1n) is 5.36. The van der Waals surface area contributed by atoms with Gasteiger partial charge in [0.05, 0.1) is 11.6 Å². The van der Waals surface area contributed by atoms with Crippen LogP contribution < -0.4 is 0 Å². The first-order valence-corrected chi connectivity index (χ1v) is 5.36. The number of phenols is 1. The zero-order valence-corrected chi connectivity index (χ0v) is 9.47. The number of hydrogen-bond acceptors (Lipinski definition) is 2. The lowest BCUT2D eigenvalue weighted by Gasteiger charge is -2.01. The fourth-order valence-electron chi connectivity index (χ4n) is 1.59. The maximum absolute atomic E-state index is 13.6. The molecule has 1 N–H and O–H groups in total. The zero-order chi connectivity index (χ0) is 13.0. The normalized spacial score (nSPS) is 11.0. The largest absolute Gasteiger partial charge is 0.508 e. The molecule has 0 radical (unpaired) electrons. The van der Waals surface area contributed by atoms with Gasteiger partial charge in [0.1, 0.15) is 11.6 Å². The summed E-state index contributed by atoms with van der Waals surface area (Å²) in [6.45, 7) is 0. The van der Waals surface area contributed by atoms with E-state index in [0.717, 1.165) is 5.56 Å². The number of benzene rings is 2. The van der Waals surface area contributed by atoms with E-state index in [9.17, 15) is 4.39 Å². The van der Waals surface area contributed by atoms with Gasteiger partial charge in [-0.05, 0) is 29.8 Å². The predicted molar refractivity (Wildman–Crippen MR) is 68.0 cm³/mol. The molecule has 0 aliphatic heterocycles. The van der Waals surface area contributed by atoms with Gasteiger partial charge in [0.2, 0.25) is 0 Å². The van der Waals surface area contributed by atoms with Gasteiger partial charge in [-0.1, -0.05) is 30.3 Å². The van der Waals surface area contributed by atoms with Gasteiger partial charge in [0.25, 0.3) is 0 Å². The second-order valence-corrected chi connectivity index (χ2v) is 3.74. The van der Waals surface area contributed by atoms with E-state index in [2.05, 4.69) is 0 Å². The summed E-state index contributed by atoms with van der Waals surface area (Å²) in [5.41, 5.74) is 1.25. The van der Waals surface area contributed by atoms with Crippen LogP contribution in [0.3, 0.4) is 0 Å². The second kappa shape index (κ2) is 5.15. The molecule has 0 aromatic heterocycles. The van der Waals surface area contributed by atoms with Crippen molar-refractivity contribution in [2.45, 2.75) is 0 Å². The molecule has 0 spiro atoms. The molecule has 0 saturated carbocycles. The molecule has 2 aromatic rings. The average Bonchev–Trinajstić information content (AvgIpc) is 2.39. The molecule has 0 amide bonds. The van der Waals surface area contributed by atoms with Gasteiger partial charge in [-0.25, -0.2) is 4.39 Å². The maximum atomic E-state index is 13.6. The van der Waals surface area contributed by atoms with Crippen LogP contribution in [0.2, 0.25) is 0 Å². The number of allylic oxidation sites excluding steroid dienone is 1. The van der Waals surface area contributed by atoms with Crippen LogP contribution in [-0.4, -0.2) is 5.11 Å². The molecular formula is C15H10FNO. The highest BCUT2D eigenvalue weighted by Crippen LogP contribution is 2.21. The van der Waals surface area contributed by atoms with E-state index in [-0.39, 0.29) is 16.9 Å². The Morgan fingerprint density at radius 1 is 1.11 bits per heavy atom. The van der Waals surface area contributed by atoms with E-state index in [1.54, 1.807) is 36.4 Å². The SMILES string of the molecule is N#CC(=Cc1ccc(O)cc1)c1ccccc1F. The number of nitrogens with zero attached hydrogens (tertiary/aromatic N) is 1. The Morgan fingerprint density at radius 2 is 1.78 bits per heavy atom. The molecule has 3 heteroatoms. The summed E-state index contributed by atoms with van der Waals surface area (Å²) in [6, 6.07) is 14.5. The summed E-state index contributed by atoms with van der Waals surface area (Å²) >= 11 is 0. The molecule has 0 aliphatic carbocycles. The number of halogens is 1. The molecular weight excluding hydrogens is 229 g/mol. The van der Waals surface area contributed by atoms with Crippen LogP contribution >= 0.6 is 0 Å². The fourth-order valence-corrected chi connectivity index (χ4v) is 1.59. The number of hydrogen-bond donors (Lipinski definition) is 1. The summed E-state index contributed by atoms with van der Waals surface area (Å²) in [6.07, 6.45) is 1.58. The molecule has 0 heterocycles. The number of nitriles is 1. The van der Waals surface area contributed by atoms with Crippen molar-refractivity contribution in [3.63, 3.8) is 0 Å². The Labute approximate surface area is 104 Å². The minimum atomic E-state index is -0.427. The molecule has 0 bridgehead atoms. The summed E-state index contributed by atoms with van der Waals surface area (Å²) in [7, 11) is 0. The third kappa shape index (κ3) is 2.55. The van der Waals surface area contributed by atoms with E-state index in [0.29, 0.717) is 0 Å². The second-order valence-electron chi connectivity index (χ2n) is 3.74. The van der Waals surface area contributed by atoms with E-state index in [1.165, 1.54) is 18.2 Å².